The summed E-state index contributed by atoms with van der Waals surface area (Å²) >= 11 is 0. The maximum atomic E-state index is 9.27. The van der Waals surface area contributed by atoms with Gasteiger partial charge in [-0.3, -0.25) is 0 Å². The summed E-state index contributed by atoms with van der Waals surface area (Å²) in [6.45, 7) is 9.24. The van der Waals surface area contributed by atoms with Crippen LogP contribution in [0.1, 0.15) is 40.0 Å². The van der Waals surface area contributed by atoms with Crippen LogP contribution in [0.5, 0.6) is 0 Å². The molecular formula is C11H23NO. The van der Waals surface area contributed by atoms with Crippen molar-refractivity contribution in [1.82, 2.24) is 4.90 Å². The first-order valence-corrected chi connectivity index (χ1v) is 5.43. The minimum absolute atomic E-state index is 0.0390. The second kappa shape index (κ2) is 4.43. The maximum Gasteiger partial charge on any atom is 0.0497 e. The lowest BCUT2D eigenvalue weighted by Gasteiger charge is -2.40. The average molecular weight is 185 g/mol. The monoisotopic (exact) mass is 185 g/mol. The van der Waals surface area contributed by atoms with Gasteiger partial charge < -0.3 is 10.0 Å². The highest BCUT2D eigenvalue weighted by atomic mass is 16.3. The van der Waals surface area contributed by atoms with Gasteiger partial charge in [0.25, 0.3) is 0 Å². The zero-order chi connectivity index (χ0) is 9.90. The third kappa shape index (κ3) is 2.68. The largest absolute Gasteiger partial charge is 0.396 e. The summed E-state index contributed by atoms with van der Waals surface area (Å²) in [6.07, 6.45) is 4.03. The molecule has 0 amide bonds. The van der Waals surface area contributed by atoms with Crippen molar-refractivity contribution in [2.24, 2.45) is 5.41 Å². The summed E-state index contributed by atoms with van der Waals surface area (Å²) in [5.74, 6) is 0. The molecule has 0 aromatic carbocycles. The van der Waals surface area contributed by atoms with Gasteiger partial charge in [0.15, 0.2) is 0 Å². The molecule has 1 heterocycles. The Kier molecular flexibility index (Phi) is 3.74. The Labute approximate surface area is 81.9 Å². The van der Waals surface area contributed by atoms with E-state index in [1.807, 2.05) is 0 Å². The summed E-state index contributed by atoms with van der Waals surface area (Å²) in [5.41, 5.74) is 0.0390. The van der Waals surface area contributed by atoms with E-state index in [-0.39, 0.29) is 12.0 Å². The number of likely N-dealkylation sites (tertiary alicyclic amines) is 1. The van der Waals surface area contributed by atoms with Crippen molar-refractivity contribution in [3.05, 3.63) is 0 Å². The van der Waals surface area contributed by atoms with E-state index in [0.29, 0.717) is 6.04 Å². The molecule has 0 spiro atoms. The molecule has 0 aliphatic carbocycles. The van der Waals surface area contributed by atoms with Gasteiger partial charge in [0.2, 0.25) is 0 Å². The molecule has 1 atom stereocenters. The topological polar surface area (TPSA) is 23.5 Å². The quantitative estimate of drug-likeness (QED) is 0.725. The highest BCUT2D eigenvalue weighted by Crippen LogP contribution is 2.26. The van der Waals surface area contributed by atoms with Crippen LogP contribution in [-0.4, -0.2) is 35.7 Å². The third-order valence-electron chi connectivity index (χ3n) is 3.48. The fraction of sp³-hybridized carbons (Fsp3) is 1.00. The van der Waals surface area contributed by atoms with Crippen molar-refractivity contribution in [3.63, 3.8) is 0 Å². The van der Waals surface area contributed by atoms with Crippen molar-refractivity contribution < 1.29 is 5.11 Å². The predicted octanol–water partition coefficient (Wildman–Crippen LogP) is 1.88. The Balaban J connectivity index is 2.49. The summed E-state index contributed by atoms with van der Waals surface area (Å²) in [6, 6.07) is 0.498. The standard InChI is InChI=1S/C11H23NO/c1-10(11(2,3)9-13)12-7-5-4-6-8-12/h10,13H,4-9H2,1-3H3. The van der Waals surface area contributed by atoms with E-state index < -0.39 is 0 Å². The minimum atomic E-state index is 0.0390. The number of nitrogens with zero attached hydrogens (tertiary/aromatic N) is 1. The number of rotatable bonds is 3. The lowest BCUT2D eigenvalue weighted by Crippen LogP contribution is -2.47. The van der Waals surface area contributed by atoms with Gasteiger partial charge >= 0.3 is 0 Å². The molecule has 2 nitrogen and oxygen atoms in total. The van der Waals surface area contributed by atoms with E-state index in [9.17, 15) is 5.11 Å². The molecule has 78 valence electrons. The van der Waals surface area contributed by atoms with Crippen molar-refractivity contribution in [2.45, 2.75) is 46.1 Å². The first-order chi connectivity index (χ1) is 6.08. The van der Waals surface area contributed by atoms with E-state index in [1.54, 1.807) is 0 Å². The number of hydrogen-bond acceptors (Lipinski definition) is 2. The fourth-order valence-corrected chi connectivity index (χ4v) is 1.93. The lowest BCUT2D eigenvalue weighted by molar-refractivity contribution is 0.0380. The molecule has 1 aliphatic rings. The molecule has 0 aromatic rings. The lowest BCUT2D eigenvalue weighted by atomic mass is 9.84. The summed E-state index contributed by atoms with van der Waals surface area (Å²) < 4.78 is 0. The normalized spacial score (nSPS) is 23.1. The maximum absolute atomic E-state index is 9.27. The van der Waals surface area contributed by atoms with Gasteiger partial charge in [-0.2, -0.15) is 0 Å². The molecular weight excluding hydrogens is 162 g/mol. The molecule has 0 bridgehead atoms. The van der Waals surface area contributed by atoms with Crippen LogP contribution in [0.4, 0.5) is 0 Å². The summed E-state index contributed by atoms with van der Waals surface area (Å²) in [7, 11) is 0. The van der Waals surface area contributed by atoms with Crippen LogP contribution in [-0.2, 0) is 0 Å². The molecule has 0 aromatic heterocycles. The minimum Gasteiger partial charge on any atom is -0.396 e. The van der Waals surface area contributed by atoms with Crippen molar-refractivity contribution in [2.75, 3.05) is 19.7 Å². The molecule has 1 saturated heterocycles. The molecule has 1 rings (SSSR count). The Morgan fingerprint density at radius 3 is 2.23 bits per heavy atom. The van der Waals surface area contributed by atoms with Gasteiger partial charge in [0.05, 0.1) is 0 Å². The van der Waals surface area contributed by atoms with E-state index in [0.717, 1.165) is 0 Å². The molecule has 0 radical (unpaired) electrons. The van der Waals surface area contributed by atoms with E-state index >= 15 is 0 Å². The van der Waals surface area contributed by atoms with Crippen LogP contribution in [0.2, 0.25) is 0 Å². The van der Waals surface area contributed by atoms with Crippen molar-refractivity contribution in [3.8, 4) is 0 Å². The van der Waals surface area contributed by atoms with E-state index in [1.165, 1.54) is 32.4 Å². The number of aliphatic hydroxyl groups is 1. The van der Waals surface area contributed by atoms with Gasteiger partial charge in [0.1, 0.15) is 0 Å². The first kappa shape index (κ1) is 11.0. The highest BCUT2D eigenvalue weighted by Gasteiger charge is 2.30. The first-order valence-electron chi connectivity index (χ1n) is 5.43. The van der Waals surface area contributed by atoms with Crippen LogP contribution >= 0.6 is 0 Å². The van der Waals surface area contributed by atoms with Crippen molar-refractivity contribution >= 4 is 0 Å². The van der Waals surface area contributed by atoms with Gasteiger partial charge in [-0.1, -0.05) is 20.3 Å². The van der Waals surface area contributed by atoms with Gasteiger partial charge in [-0.15, -0.1) is 0 Å². The van der Waals surface area contributed by atoms with Crippen LogP contribution < -0.4 is 0 Å². The summed E-state index contributed by atoms with van der Waals surface area (Å²) in [4.78, 5) is 2.51. The van der Waals surface area contributed by atoms with E-state index in [2.05, 4.69) is 25.7 Å². The van der Waals surface area contributed by atoms with Crippen LogP contribution in [0.15, 0.2) is 0 Å². The Morgan fingerprint density at radius 1 is 1.23 bits per heavy atom. The average Bonchev–Trinajstić information content (AvgIpc) is 2.18. The molecule has 13 heavy (non-hydrogen) atoms. The molecule has 0 saturated carbocycles. The zero-order valence-electron chi connectivity index (χ0n) is 9.21. The number of piperidine rings is 1. The van der Waals surface area contributed by atoms with Crippen molar-refractivity contribution in [1.29, 1.82) is 0 Å². The fourth-order valence-electron chi connectivity index (χ4n) is 1.93. The van der Waals surface area contributed by atoms with Crippen LogP contribution in [0, 0.1) is 5.41 Å². The SMILES string of the molecule is CC(N1CCCCC1)C(C)(C)CO. The smallest absolute Gasteiger partial charge is 0.0497 e. The summed E-state index contributed by atoms with van der Waals surface area (Å²) in [5, 5.41) is 9.27. The zero-order valence-corrected chi connectivity index (χ0v) is 9.21. The Morgan fingerprint density at radius 2 is 1.77 bits per heavy atom. The van der Waals surface area contributed by atoms with Gasteiger partial charge in [-0.25, -0.2) is 0 Å². The second-order valence-electron chi connectivity index (χ2n) is 4.92. The van der Waals surface area contributed by atoms with Crippen LogP contribution in [0.25, 0.3) is 0 Å². The Bertz CT molecular complexity index is 150. The highest BCUT2D eigenvalue weighted by molar-refractivity contribution is 4.83. The number of hydrogen-bond donors (Lipinski definition) is 1. The molecule has 1 unspecified atom stereocenters. The molecule has 1 fully saturated rings. The van der Waals surface area contributed by atoms with E-state index in [4.69, 9.17) is 0 Å². The number of aliphatic hydroxyl groups excluding tert-OH is 1. The third-order valence-corrected chi connectivity index (χ3v) is 3.48. The molecule has 2 heteroatoms. The Hall–Kier alpha value is -0.0800. The van der Waals surface area contributed by atoms with Gasteiger partial charge in [0, 0.05) is 18.1 Å². The predicted molar refractivity (Wildman–Crippen MR) is 55.8 cm³/mol. The molecule has 1 N–H and O–H groups in total. The molecule has 1 aliphatic heterocycles. The van der Waals surface area contributed by atoms with Crippen LogP contribution in [0.3, 0.4) is 0 Å². The van der Waals surface area contributed by atoms with Gasteiger partial charge in [-0.05, 0) is 32.9 Å². The second-order valence-corrected chi connectivity index (χ2v) is 4.92.